The van der Waals surface area contributed by atoms with E-state index in [2.05, 4.69) is 5.32 Å². The molecule has 0 rings (SSSR count). The van der Waals surface area contributed by atoms with Gasteiger partial charge in [0.2, 0.25) is 5.91 Å². The predicted octanol–water partition coefficient (Wildman–Crippen LogP) is -0.731. The number of amides is 2. The predicted molar refractivity (Wildman–Crippen MR) is 93.9 cm³/mol. The number of ether oxygens (including phenoxy) is 1. The van der Waals surface area contributed by atoms with Crippen molar-refractivity contribution >= 4 is 29.9 Å². The lowest BCUT2D eigenvalue weighted by molar-refractivity contribution is -0.154. The number of rotatable bonds is 9. The molecule has 0 unspecified atom stereocenters. The van der Waals surface area contributed by atoms with E-state index in [9.17, 15) is 24.3 Å². The normalized spacial score (nSPS) is 13.2. The Labute approximate surface area is 156 Å². The number of aliphatic carboxylic acids is 2. The van der Waals surface area contributed by atoms with Crippen molar-refractivity contribution in [3.05, 3.63) is 0 Å². The summed E-state index contributed by atoms with van der Waals surface area (Å²) in [6, 6.07) is -3.24. The molecular weight excluding hydrogens is 362 g/mol. The smallest absolute Gasteiger partial charge is 0.417 e. The molecule has 0 aliphatic rings. The maximum absolute atomic E-state index is 12.6. The molecule has 0 bridgehead atoms. The fraction of sp³-hybridized carbons (Fsp3) is 0.667. The van der Waals surface area contributed by atoms with Crippen LogP contribution in [0.2, 0.25) is 0 Å². The van der Waals surface area contributed by atoms with E-state index in [0.717, 1.165) is 0 Å². The Kier molecular flexibility index (Phi) is 9.20. The molecule has 2 atom stereocenters. The van der Waals surface area contributed by atoms with Gasteiger partial charge in [-0.05, 0) is 33.6 Å². The van der Waals surface area contributed by atoms with Crippen molar-refractivity contribution in [1.29, 1.82) is 5.41 Å². The van der Waals surface area contributed by atoms with Crippen LogP contribution in [0.15, 0.2) is 0 Å². The van der Waals surface area contributed by atoms with E-state index >= 15 is 0 Å². The molecule has 0 saturated heterocycles. The van der Waals surface area contributed by atoms with Gasteiger partial charge < -0.3 is 31.7 Å². The Hall–Kier alpha value is -2.89. The van der Waals surface area contributed by atoms with Crippen LogP contribution >= 0.6 is 0 Å². The molecule has 8 N–H and O–H groups in total. The molecule has 0 aromatic heterocycles. The summed E-state index contributed by atoms with van der Waals surface area (Å²) >= 11 is 0. The first-order valence-electron chi connectivity index (χ1n) is 8.10. The Morgan fingerprint density at radius 1 is 1.22 bits per heavy atom. The van der Waals surface area contributed by atoms with Gasteiger partial charge in [-0.25, -0.2) is 14.5 Å². The first kappa shape index (κ1) is 24.1. The molecule has 0 fully saturated rings. The largest absolute Gasteiger partial charge is 0.481 e. The third-order valence-corrected chi connectivity index (χ3v) is 3.12. The van der Waals surface area contributed by atoms with Crippen molar-refractivity contribution in [2.24, 2.45) is 11.5 Å². The molecular formula is C15H27N5O7. The standard InChI is InChI=1S/C15H27N5O7/c1-15(2,3)27-14(26)20(9(12(24)25)7-10(21)22)11(23)8(16)5-4-6-19-13(17)18/h8-9H,4-7,16H2,1-3H3,(H,21,22)(H,24,25)(H4,17,18,19)/t8-,9-/m0/s1. The minimum atomic E-state index is -1.97. The lowest BCUT2D eigenvalue weighted by Gasteiger charge is -2.31. The first-order chi connectivity index (χ1) is 12.3. The maximum atomic E-state index is 12.6. The number of imide groups is 1. The fourth-order valence-corrected chi connectivity index (χ4v) is 1.98. The summed E-state index contributed by atoms with van der Waals surface area (Å²) in [5.41, 5.74) is 9.83. The van der Waals surface area contributed by atoms with E-state index in [0.29, 0.717) is 6.42 Å². The number of nitrogens with zero attached hydrogens (tertiary/aromatic N) is 1. The van der Waals surface area contributed by atoms with E-state index in [1.165, 1.54) is 20.8 Å². The number of nitrogens with two attached hydrogens (primary N) is 2. The van der Waals surface area contributed by atoms with Crippen molar-refractivity contribution in [3.63, 3.8) is 0 Å². The zero-order valence-electron chi connectivity index (χ0n) is 15.5. The number of nitrogens with one attached hydrogen (secondary N) is 2. The van der Waals surface area contributed by atoms with Crippen molar-refractivity contribution in [2.45, 2.75) is 57.7 Å². The second kappa shape index (κ2) is 10.3. The molecule has 27 heavy (non-hydrogen) atoms. The Morgan fingerprint density at radius 3 is 2.19 bits per heavy atom. The molecule has 0 aliphatic heterocycles. The number of carbonyl (C=O) groups is 4. The number of hydrogen-bond acceptors (Lipinski definition) is 7. The summed E-state index contributed by atoms with van der Waals surface area (Å²) in [7, 11) is 0. The van der Waals surface area contributed by atoms with Crippen LogP contribution in [0.25, 0.3) is 0 Å². The Balaban J connectivity index is 5.44. The fourth-order valence-electron chi connectivity index (χ4n) is 1.98. The molecule has 0 aromatic rings. The van der Waals surface area contributed by atoms with Gasteiger partial charge >= 0.3 is 18.0 Å². The zero-order chi connectivity index (χ0) is 21.4. The quantitative estimate of drug-likeness (QED) is 0.165. The van der Waals surface area contributed by atoms with Gasteiger partial charge in [-0.15, -0.1) is 0 Å². The van der Waals surface area contributed by atoms with Gasteiger partial charge in [0.05, 0.1) is 12.5 Å². The third-order valence-electron chi connectivity index (χ3n) is 3.12. The van der Waals surface area contributed by atoms with Gasteiger partial charge in [0, 0.05) is 6.54 Å². The van der Waals surface area contributed by atoms with Crippen molar-refractivity contribution in [1.82, 2.24) is 10.2 Å². The van der Waals surface area contributed by atoms with Crippen molar-refractivity contribution < 1.29 is 34.1 Å². The lowest BCUT2D eigenvalue weighted by atomic mass is 10.1. The highest BCUT2D eigenvalue weighted by atomic mass is 16.6. The molecule has 2 amide bonds. The molecule has 0 spiro atoms. The molecule has 0 aliphatic carbocycles. The van der Waals surface area contributed by atoms with Crippen molar-refractivity contribution in [3.8, 4) is 0 Å². The number of carbonyl (C=O) groups excluding carboxylic acids is 2. The van der Waals surface area contributed by atoms with Crippen LogP contribution in [0.3, 0.4) is 0 Å². The number of hydrogen-bond donors (Lipinski definition) is 6. The average molecular weight is 389 g/mol. The summed E-state index contributed by atoms with van der Waals surface area (Å²) in [4.78, 5) is 47.6. The monoisotopic (exact) mass is 389 g/mol. The summed E-state index contributed by atoms with van der Waals surface area (Å²) in [5, 5.41) is 27.7. The summed E-state index contributed by atoms with van der Waals surface area (Å²) in [6.07, 6.45) is -1.96. The average Bonchev–Trinajstić information content (AvgIpc) is 2.47. The minimum absolute atomic E-state index is 0.0395. The highest BCUT2D eigenvalue weighted by Crippen LogP contribution is 2.16. The van der Waals surface area contributed by atoms with Crippen LogP contribution in [-0.4, -0.2) is 69.2 Å². The number of carboxylic acid groups (broad SMARTS) is 2. The van der Waals surface area contributed by atoms with Gasteiger partial charge in [0.1, 0.15) is 5.60 Å². The van der Waals surface area contributed by atoms with Gasteiger partial charge in [-0.2, -0.15) is 0 Å². The van der Waals surface area contributed by atoms with Crippen LogP contribution in [0.4, 0.5) is 4.79 Å². The van der Waals surface area contributed by atoms with Crippen LogP contribution in [0.5, 0.6) is 0 Å². The summed E-state index contributed by atoms with van der Waals surface area (Å²) < 4.78 is 5.04. The minimum Gasteiger partial charge on any atom is -0.481 e. The molecule has 154 valence electrons. The van der Waals surface area contributed by atoms with Crippen LogP contribution in [0, 0.1) is 5.41 Å². The highest BCUT2D eigenvalue weighted by Gasteiger charge is 2.40. The molecule has 0 heterocycles. The van der Waals surface area contributed by atoms with Crippen LogP contribution in [0.1, 0.15) is 40.0 Å². The van der Waals surface area contributed by atoms with E-state index in [-0.39, 0.29) is 23.8 Å². The van der Waals surface area contributed by atoms with Gasteiger partial charge in [0.25, 0.3) is 0 Å². The van der Waals surface area contributed by atoms with E-state index in [4.69, 9.17) is 26.7 Å². The van der Waals surface area contributed by atoms with Gasteiger partial charge in [0.15, 0.2) is 12.0 Å². The van der Waals surface area contributed by atoms with Crippen molar-refractivity contribution in [2.75, 3.05) is 6.54 Å². The Morgan fingerprint density at radius 2 is 1.78 bits per heavy atom. The first-order valence-corrected chi connectivity index (χ1v) is 8.10. The van der Waals surface area contributed by atoms with Crippen LogP contribution < -0.4 is 16.8 Å². The highest BCUT2D eigenvalue weighted by molar-refractivity contribution is 5.99. The molecule has 12 heteroatoms. The molecule has 0 aromatic carbocycles. The zero-order valence-corrected chi connectivity index (χ0v) is 15.5. The maximum Gasteiger partial charge on any atom is 0.417 e. The topological polar surface area (TPSA) is 209 Å². The van der Waals surface area contributed by atoms with E-state index in [1.54, 1.807) is 0 Å². The number of guanidine groups is 1. The summed E-state index contributed by atoms with van der Waals surface area (Å²) in [5.74, 6) is -4.52. The molecule has 0 radical (unpaired) electrons. The Bertz CT molecular complexity index is 588. The van der Waals surface area contributed by atoms with Crippen LogP contribution in [-0.2, 0) is 19.1 Å². The third kappa shape index (κ3) is 9.39. The van der Waals surface area contributed by atoms with Gasteiger partial charge in [-0.1, -0.05) is 0 Å². The second-order valence-corrected chi connectivity index (χ2v) is 6.73. The van der Waals surface area contributed by atoms with E-state index < -0.39 is 48.0 Å². The SMILES string of the molecule is CC(C)(C)OC(=O)N(C(=O)[C@@H](N)CCCNC(=N)N)[C@@H](CC(=O)O)C(=O)O. The number of carboxylic acids is 2. The van der Waals surface area contributed by atoms with E-state index in [1.807, 2.05) is 0 Å². The summed E-state index contributed by atoms with van der Waals surface area (Å²) in [6.45, 7) is 4.76. The van der Waals surface area contributed by atoms with Gasteiger partial charge in [-0.3, -0.25) is 15.0 Å². The second-order valence-electron chi connectivity index (χ2n) is 6.73. The molecule has 12 nitrogen and oxygen atoms in total. The lowest BCUT2D eigenvalue weighted by Crippen LogP contribution is -2.56. The molecule has 0 saturated carbocycles.